The molecule has 2 aromatic rings. The monoisotopic (exact) mass is 486 g/mol. The number of benzene rings is 2. The molecule has 2 aliphatic carbocycles. The summed E-state index contributed by atoms with van der Waals surface area (Å²) < 4.78 is 33.7. The number of carbonyl (C=O) groups excluding carboxylic acids is 2. The van der Waals surface area contributed by atoms with Crippen LogP contribution in [0.15, 0.2) is 48.5 Å². The number of carboxylic acid groups (broad SMARTS) is 1. The van der Waals surface area contributed by atoms with Crippen LogP contribution in [0.25, 0.3) is 11.1 Å². The summed E-state index contributed by atoms with van der Waals surface area (Å²) in [6.07, 6.45) is 0.102. The number of fused-ring (bicyclic) bond motifs is 3. The van der Waals surface area contributed by atoms with Crippen LogP contribution < -0.4 is 10.6 Å². The highest BCUT2D eigenvalue weighted by molar-refractivity contribution is 5.84. The summed E-state index contributed by atoms with van der Waals surface area (Å²) in [6, 6.07) is 15.7. The highest BCUT2D eigenvalue weighted by Crippen LogP contribution is 2.55. The molecule has 2 amide bonds. The number of nitrogens with one attached hydrogen (secondary N) is 2. The van der Waals surface area contributed by atoms with E-state index < -0.39 is 48.2 Å². The largest absolute Gasteiger partial charge is 0.481 e. The molecule has 0 aliphatic heterocycles. The number of hydrogen-bond acceptors (Lipinski definition) is 4. The van der Waals surface area contributed by atoms with Crippen LogP contribution in [0.5, 0.6) is 0 Å². The van der Waals surface area contributed by atoms with E-state index in [1.807, 2.05) is 48.5 Å². The number of halogens is 2. The lowest BCUT2D eigenvalue weighted by Crippen LogP contribution is -2.35. The fourth-order valence-corrected chi connectivity index (χ4v) is 4.84. The number of alkyl carbamates (subject to hydrolysis) is 1. The highest BCUT2D eigenvalue weighted by atomic mass is 19.3. The molecule has 0 saturated heterocycles. The minimum absolute atomic E-state index is 0.0544. The highest BCUT2D eigenvalue weighted by Gasteiger charge is 2.71. The third-order valence-corrected chi connectivity index (χ3v) is 6.80. The predicted octanol–water partition coefficient (Wildman–Crippen LogP) is 4.02. The van der Waals surface area contributed by atoms with Crippen LogP contribution in [0.3, 0.4) is 0 Å². The molecule has 3 atom stereocenters. The van der Waals surface area contributed by atoms with E-state index in [2.05, 4.69) is 10.6 Å². The van der Waals surface area contributed by atoms with Crippen LogP contribution in [0, 0.1) is 17.8 Å². The van der Waals surface area contributed by atoms with Gasteiger partial charge in [-0.15, -0.1) is 0 Å². The Morgan fingerprint density at radius 3 is 2.20 bits per heavy atom. The molecule has 1 unspecified atom stereocenters. The van der Waals surface area contributed by atoms with Crippen molar-refractivity contribution in [2.45, 2.75) is 31.6 Å². The molecule has 3 N–H and O–H groups in total. The van der Waals surface area contributed by atoms with Gasteiger partial charge in [-0.25, -0.2) is 13.6 Å². The molecule has 0 aromatic heterocycles. The Hall–Kier alpha value is -3.49. The topological polar surface area (TPSA) is 105 Å². The van der Waals surface area contributed by atoms with Crippen LogP contribution in [-0.4, -0.2) is 48.7 Å². The molecule has 0 heterocycles. The average Bonchev–Trinajstić information content (AvgIpc) is 3.24. The first-order chi connectivity index (χ1) is 16.8. The summed E-state index contributed by atoms with van der Waals surface area (Å²) in [5, 5.41) is 13.8. The van der Waals surface area contributed by atoms with E-state index in [9.17, 15) is 23.2 Å². The Bertz CT molecular complexity index is 1080. The standard InChI is InChI=1S/C26H28F2N2O5/c1-2-7-15(24(32)33)12-29-23(31)22-21(26(22,27)28)13-30-25(34)35-14-20-18-10-5-3-8-16(18)17-9-4-6-11-19(17)20/h3-6,8-11,15,20-22H,2,7,12-14H2,1H3,(H,29,31)(H,30,34)(H,32,33)/t15?,21-,22-/m0/s1. The zero-order valence-corrected chi connectivity index (χ0v) is 19.3. The first-order valence-electron chi connectivity index (χ1n) is 11.7. The number of alkyl halides is 2. The van der Waals surface area contributed by atoms with E-state index in [0.29, 0.717) is 12.8 Å². The van der Waals surface area contributed by atoms with Gasteiger partial charge in [0.05, 0.1) is 11.8 Å². The molecule has 2 aliphatic rings. The Morgan fingerprint density at radius 1 is 1.03 bits per heavy atom. The SMILES string of the molecule is CCCC(CNC(=O)[C@@H]1[C@H](CNC(=O)OCC2c3ccccc3-c3ccccc32)C1(F)F)C(=O)O. The number of rotatable bonds is 10. The number of amides is 2. The minimum atomic E-state index is -3.27. The molecule has 2 aromatic carbocycles. The number of carboxylic acids is 1. The van der Waals surface area contributed by atoms with Crippen molar-refractivity contribution in [2.24, 2.45) is 17.8 Å². The van der Waals surface area contributed by atoms with Crippen LogP contribution >= 0.6 is 0 Å². The van der Waals surface area contributed by atoms with Gasteiger partial charge < -0.3 is 20.5 Å². The molecule has 1 saturated carbocycles. The molecule has 35 heavy (non-hydrogen) atoms. The maximum atomic E-state index is 14.2. The quantitative estimate of drug-likeness (QED) is 0.471. The van der Waals surface area contributed by atoms with Crippen LogP contribution in [0.4, 0.5) is 13.6 Å². The van der Waals surface area contributed by atoms with Gasteiger partial charge in [0.25, 0.3) is 5.92 Å². The van der Waals surface area contributed by atoms with Crippen molar-refractivity contribution in [1.29, 1.82) is 0 Å². The van der Waals surface area contributed by atoms with Crippen LogP contribution in [0.2, 0.25) is 0 Å². The zero-order chi connectivity index (χ0) is 25.2. The zero-order valence-electron chi connectivity index (χ0n) is 19.3. The number of carbonyl (C=O) groups is 3. The lowest BCUT2D eigenvalue weighted by atomic mass is 9.98. The second-order valence-electron chi connectivity index (χ2n) is 9.03. The van der Waals surface area contributed by atoms with Crippen molar-refractivity contribution in [3.05, 3.63) is 59.7 Å². The van der Waals surface area contributed by atoms with Crippen LogP contribution in [0.1, 0.15) is 36.8 Å². The van der Waals surface area contributed by atoms with Crippen molar-refractivity contribution in [1.82, 2.24) is 10.6 Å². The average molecular weight is 487 g/mol. The summed E-state index contributed by atoms with van der Waals surface area (Å²) in [7, 11) is 0. The van der Waals surface area contributed by atoms with Gasteiger partial charge in [0.1, 0.15) is 12.5 Å². The van der Waals surface area contributed by atoms with E-state index in [1.165, 1.54) is 0 Å². The van der Waals surface area contributed by atoms with Gasteiger partial charge >= 0.3 is 12.1 Å². The number of aliphatic carboxylic acids is 1. The summed E-state index contributed by atoms with van der Waals surface area (Å²) in [4.78, 5) is 35.7. The third-order valence-electron chi connectivity index (χ3n) is 6.80. The second kappa shape index (κ2) is 10.0. The van der Waals surface area contributed by atoms with Crippen LogP contribution in [-0.2, 0) is 14.3 Å². The molecule has 0 bridgehead atoms. The Balaban J connectivity index is 1.28. The van der Waals surface area contributed by atoms with Gasteiger partial charge in [-0.1, -0.05) is 61.9 Å². The Labute approximate surface area is 201 Å². The molecule has 4 rings (SSSR count). The second-order valence-corrected chi connectivity index (χ2v) is 9.03. The van der Waals surface area contributed by atoms with E-state index in [1.54, 1.807) is 6.92 Å². The van der Waals surface area contributed by atoms with E-state index in [0.717, 1.165) is 22.3 Å². The van der Waals surface area contributed by atoms with Crippen molar-refractivity contribution in [3.8, 4) is 11.1 Å². The molecular formula is C26H28F2N2O5. The first-order valence-corrected chi connectivity index (χ1v) is 11.7. The molecule has 7 nitrogen and oxygen atoms in total. The summed E-state index contributed by atoms with van der Waals surface area (Å²) in [6.45, 7) is 1.23. The van der Waals surface area contributed by atoms with Crippen molar-refractivity contribution in [3.63, 3.8) is 0 Å². The summed E-state index contributed by atoms with van der Waals surface area (Å²) in [5.74, 6) is -9.21. The van der Waals surface area contributed by atoms with Crippen molar-refractivity contribution in [2.75, 3.05) is 19.7 Å². The van der Waals surface area contributed by atoms with Gasteiger partial charge in [-0.3, -0.25) is 9.59 Å². The lowest BCUT2D eigenvalue weighted by molar-refractivity contribution is -0.142. The van der Waals surface area contributed by atoms with Gasteiger partial charge in [0, 0.05) is 19.0 Å². The fraction of sp³-hybridized carbons (Fsp3) is 0.423. The normalized spacial score (nSPS) is 20.3. The lowest BCUT2D eigenvalue weighted by Gasteiger charge is -2.14. The molecule has 1 fully saturated rings. The summed E-state index contributed by atoms with van der Waals surface area (Å²) in [5.41, 5.74) is 4.23. The summed E-state index contributed by atoms with van der Waals surface area (Å²) >= 11 is 0. The maximum Gasteiger partial charge on any atom is 0.407 e. The molecular weight excluding hydrogens is 458 g/mol. The number of hydrogen-bond donors (Lipinski definition) is 3. The van der Waals surface area contributed by atoms with Gasteiger partial charge in [-0.2, -0.15) is 0 Å². The van der Waals surface area contributed by atoms with Gasteiger partial charge in [-0.05, 0) is 28.7 Å². The van der Waals surface area contributed by atoms with Crippen molar-refractivity contribution < 1.29 is 33.0 Å². The van der Waals surface area contributed by atoms with E-state index in [4.69, 9.17) is 9.84 Å². The van der Waals surface area contributed by atoms with Gasteiger partial charge in [0.15, 0.2) is 0 Å². The minimum Gasteiger partial charge on any atom is -0.481 e. The Kier molecular flexibility index (Phi) is 7.05. The molecule has 186 valence electrons. The van der Waals surface area contributed by atoms with Gasteiger partial charge in [0.2, 0.25) is 5.91 Å². The molecule has 0 radical (unpaired) electrons. The maximum absolute atomic E-state index is 14.2. The molecule has 0 spiro atoms. The smallest absolute Gasteiger partial charge is 0.407 e. The third kappa shape index (κ3) is 4.99. The number of ether oxygens (including phenoxy) is 1. The molecule has 9 heteroatoms. The van der Waals surface area contributed by atoms with E-state index in [-0.39, 0.29) is 19.1 Å². The van der Waals surface area contributed by atoms with E-state index >= 15 is 0 Å². The fourth-order valence-electron chi connectivity index (χ4n) is 4.84. The first kappa shape index (κ1) is 24.6. The Morgan fingerprint density at radius 2 is 1.63 bits per heavy atom. The van der Waals surface area contributed by atoms with Crippen molar-refractivity contribution >= 4 is 18.0 Å². The predicted molar refractivity (Wildman–Crippen MR) is 124 cm³/mol.